The van der Waals surface area contributed by atoms with Crippen molar-refractivity contribution in [2.45, 2.75) is 25.5 Å². The highest BCUT2D eigenvalue weighted by atomic mass is 19.3. The van der Waals surface area contributed by atoms with Crippen molar-refractivity contribution in [3.8, 4) is 5.75 Å². The smallest absolute Gasteiger partial charge is 0.407 e. The second kappa shape index (κ2) is 5.90. The lowest BCUT2D eigenvalue weighted by atomic mass is 10.1. The summed E-state index contributed by atoms with van der Waals surface area (Å²) in [4.78, 5) is 12.3. The molecule has 0 saturated carbocycles. The molecule has 0 spiro atoms. The van der Waals surface area contributed by atoms with Gasteiger partial charge in [0.25, 0.3) is 0 Å². The number of alkyl halides is 2. The van der Waals surface area contributed by atoms with Crippen molar-refractivity contribution in [2.24, 2.45) is 0 Å². The van der Waals surface area contributed by atoms with E-state index in [0.29, 0.717) is 31.4 Å². The molecular formula is C14H16F2N4O3. The standard InChI is InChI=1S/C14H16F2N4O3/c15-13(16)23-12-6-11-8(5-10(12)17)7-20(18-11)9-1-3-19(4-2-9)14(21)22/h5-7,9,13H,1-4,17H2,(H,21,22). The predicted molar refractivity (Wildman–Crippen MR) is 78.6 cm³/mol. The fourth-order valence-corrected chi connectivity index (χ4v) is 2.80. The number of amides is 1. The molecule has 0 radical (unpaired) electrons. The first kappa shape index (κ1) is 15.3. The zero-order valence-electron chi connectivity index (χ0n) is 12.2. The fourth-order valence-electron chi connectivity index (χ4n) is 2.80. The lowest BCUT2D eigenvalue weighted by Crippen LogP contribution is -2.38. The van der Waals surface area contributed by atoms with Gasteiger partial charge in [0.05, 0.1) is 17.2 Å². The van der Waals surface area contributed by atoms with E-state index in [0.717, 1.165) is 5.39 Å². The first-order chi connectivity index (χ1) is 10.9. The number of likely N-dealkylation sites (tertiary alicyclic amines) is 1. The molecule has 1 fully saturated rings. The summed E-state index contributed by atoms with van der Waals surface area (Å²) in [7, 11) is 0. The Bertz CT molecular complexity index is 726. The van der Waals surface area contributed by atoms with Gasteiger partial charge in [-0.15, -0.1) is 0 Å². The number of nitrogens with zero attached hydrogens (tertiary/aromatic N) is 3. The van der Waals surface area contributed by atoms with Crippen LogP contribution in [0.3, 0.4) is 0 Å². The van der Waals surface area contributed by atoms with Crippen molar-refractivity contribution in [2.75, 3.05) is 18.8 Å². The minimum absolute atomic E-state index is 0.0682. The molecule has 0 unspecified atom stereocenters. The number of hydrogen-bond acceptors (Lipinski definition) is 4. The number of aromatic nitrogens is 2. The quantitative estimate of drug-likeness (QED) is 0.845. The molecule has 9 heteroatoms. The number of anilines is 1. The van der Waals surface area contributed by atoms with Crippen LogP contribution in [0.15, 0.2) is 18.3 Å². The number of nitrogen functional groups attached to an aromatic ring is 1. The third-order valence-corrected chi connectivity index (χ3v) is 3.98. The third-order valence-electron chi connectivity index (χ3n) is 3.98. The molecule has 1 aromatic heterocycles. The van der Waals surface area contributed by atoms with Crippen molar-refractivity contribution < 1.29 is 23.4 Å². The molecule has 1 amide bonds. The molecule has 7 nitrogen and oxygen atoms in total. The molecule has 0 atom stereocenters. The Balaban J connectivity index is 1.82. The normalized spacial score (nSPS) is 16.2. The molecule has 2 aromatic rings. The largest absolute Gasteiger partial charge is 0.465 e. The number of carboxylic acid groups (broad SMARTS) is 1. The first-order valence-corrected chi connectivity index (χ1v) is 7.15. The van der Waals surface area contributed by atoms with Gasteiger partial charge in [-0.25, -0.2) is 4.79 Å². The molecule has 3 N–H and O–H groups in total. The molecule has 124 valence electrons. The zero-order valence-corrected chi connectivity index (χ0v) is 12.2. The maximum atomic E-state index is 12.3. The summed E-state index contributed by atoms with van der Waals surface area (Å²) in [5.74, 6) is -0.0987. The number of nitrogens with two attached hydrogens (primary N) is 1. The Morgan fingerprint density at radius 1 is 1.39 bits per heavy atom. The number of halogens is 2. The zero-order chi connectivity index (χ0) is 16.6. The van der Waals surface area contributed by atoms with Crippen LogP contribution < -0.4 is 10.5 Å². The van der Waals surface area contributed by atoms with Gasteiger partial charge in [-0.1, -0.05) is 0 Å². The predicted octanol–water partition coefficient (Wildman–Crippen LogP) is 2.53. The van der Waals surface area contributed by atoms with Crippen molar-refractivity contribution in [1.82, 2.24) is 14.7 Å². The Morgan fingerprint density at radius 2 is 2.09 bits per heavy atom. The highest BCUT2D eigenvalue weighted by Gasteiger charge is 2.24. The molecule has 23 heavy (non-hydrogen) atoms. The number of rotatable bonds is 3. The van der Waals surface area contributed by atoms with Gasteiger partial charge in [-0.3, -0.25) is 4.68 Å². The molecule has 1 saturated heterocycles. The van der Waals surface area contributed by atoms with Crippen molar-refractivity contribution >= 4 is 22.7 Å². The molecule has 1 aliphatic heterocycles. The lowest BCUT2D eigenvalue weighted by Gasteiger charge is -2.29. The minimum Gasteiger partial charge on any atom is -0.465 e. The summed E-state index contributed by atoms with van der Waals surface area (Å²) < 4.78 is 30.8. The van der Waals surface area contributed by atoms with Crippen molar-refractivity contribution in [3.05, 3.63) is 18.3 Å². The molecule has 3 rings (SSSR count). The summed E-state index contributed by atoms with van der Waals surface area (Å²) in [5.41, 5.74) is 6.34. The van der Waals surface area contributed by atoms with Gasteiger partial charge in [-0.05, 0) is 18.9 Å². The SMILES string of the molecule is Nc1cc2cn(C3CCN(C(=O)O)CC3)nc2cc1OC(F)F. The summed E-state index contributed by atoms with van der Waals surface area (Å²) in [6.07, 6.45) is 2.17. The van der Waals surface area contributed by atoms with Crippen LogP contribution in [0.2, 0.25) is 0 Å². The van der Waals surface area contributed by atoms with Crippen LogP contribution in [0.5, 0.6) is 5.75 Å². The minimum atomic E-state index is -2.95. The number of carbonyl (C=O) groups is 1. The Hall–Kier alpha value is -2.58. The number of hydrogen-bond donors (Lipinski definition) is 2. The van der Waals surface area contributed by atoms with Gasteiger partial charge < -0.3 is 20.5 Å². The monoisotopic (exact) mass is 326 g/mol. The van der Waals surface area contributed by atoms with Crippen LogP contribution >= 0.6 is 0 Å². The highest BCUT2D eigenvalue weighted by molar-refractivity contribution is 5.84. The molecular weight excluding hydrogens is 310 g/mol. The second-order valence-corrected chi connectivity index (χ2v) is 5.44. The Morgan fingerprint density at radius 3 is 2.70 bits per heavy atom. The highest BCUT2D eigenvalue weighted by Crippen LogP contribution is 2.30. The summed E-state index contributed by atoms with van der Waals surface area (Å²) in [6.45, 7) is -2.06. The van der Waals surface area contributed by atoms with E-state index < -0.39 is 12.7 Å². The molecule has 0 bridgehead atoms. The second-order valence-electron chi connectivity index (χ2n) is 5.44. The van der Waals surface area contributed by atoms with Gasteiger partial charge in [0.15, 0.2) is 5.75 Å². The Labute approximate surface area is 130 Å². The van der Waals surface area contributed by atoms with E-state index in [1.807, 2.05) is 0 Å². The third kappa shape index (κ3) is 3.13. The maximum absolute atomic E-state index is 12.3. The van der Waals surface area contributed by atoms with E-state index in [-0.39, 0.29) is 17.5 Å². The lowest BCUT2D eigenvalue weighted by molar-refractivity contribution is -0.0492. The van der Waals surface area contributed by atoms with E-state index in [1.54, 1.807) is 16.9 Å². The average Bonchev–Trinajstić information content (AvgIpc) is 2.90. The van der Waals surface area contributed by atoms with Gasteiger partial charge in [0.1, 0.15) is 0 Å². The van der Waals surface area contributed by atoms with Crippen LogP contribution in [0, 0.1) is 0 Å². The van der Waals surface area contributed by atoms with Crippen molar-refractivity contribution in [1.29, 1.82) is 0 Å². The maximum Gasteiger partial charge on any atom is 0.407 e. The van der Waals surface area contributed by atoms with Crippen LogP contribution in [0.1, 0.15) is 18.9 Å². The molecule has 1 aromatic carbocycles. The summed E-state index contributed by atoms with van der Waals surface area (Å²) in [5, 5.41) is 14.1. The van der Waals surface area contributed by atoms with Crippen LogP contribution in [0.25, 0.3) is 10.9 Å². The van der Waals surface area contributed by atoms with E-state index in [9.17, 15) is 13.6 Å². The van der Waals surface area contributed by atoms with E-state index in [1.165, 1.54) is 11.0 Å². The Kier molecular flexibility index (Phi) is 3.93. The topological polar surface area (TPSA) is 93.6 Å². The number of piperidine rings is 1. The van der Waals surface area contributed by atoms with Crippen LogP contribution in [0.4, 0.5) is 19.3 Å². The molecule has 2 heterocycles. The van der Waals surface area contributed by atoms with Crippen LogP contribution in [-0.2, 0) is 0 Å². The average molecular weight is 326 g/mol. The van der Waals surface area contributed by atoms with Gasteiger partial charge in [-0.2, -0.15) is 13.9 Å². The van der Waals surface area contributed by atoms with Crippen molar-refractivity contribution in [3.63, 3.8) is 0 Å². The van der Waals surface area contributed by atoms with E-state index >= 15 is 0 Å². The van der Waals surface area contributed by atoms with Gasteiger partial charge in [0.2, 0.25) is 0 Å². The molecule has 1 aliphatic rings. The van der Waals surface area contributed by atoms with Crippen LogP contribution in [-0.4, -0.2) is 45.6 Å². The van der Waals surface area contributed by atoms with E-state index in [4.69, 9.17) is 10.8 Å². The summed E-state index contributed by atoms with van der Waals surface area (Å²) >= 11 is 0. The van der Waals surface area contributed by atoms with Gasteiger partial charge >= 0.3 is 12.7 Å². The number of benzene rings is 1. The summed E-state index contributed by atoms with van der Waals surface area (Å²) in [6, 6.07) is 3.00. The number of fused-ring (bicyclic) bond motifs is 1. The molecule has 0 aliphatic carbocycles. The first-order valence-electron chi connectivity index (χ1n) is 7.15. The van der Waals surface area contributed by atoms with Gasteiger partial charge in [0, 0.05) is 30.7 Å². The van der Waals surface area contributed by atoms with E-state index in [2.05, 4.69) is 9.84 Å². The fraction of sp³-hybridized carbons (Fsp3) is 0.429. The number of ether oxygens (including phenoxy) is 1.